The number of benzene rings is 2. The van der Waals surface area contributed by atoms with Crippen LogP contribution in [-0.4, -0.2) is 5.97 Å². The largest absolute Gasteiger partial charge is 0.457 e. The predicted octanol–water partition coefficient (Wildman–Crippen LogP) is 3.18. The summed E-state index contributed by atoms with van der Waals surface area (Å²) in [6, 6.07) is 4.16. The highest BCUT2D eigenvalue weighted by Gasteiger charge is 2.16. The monoisotopic (exact) mass is 299 g/mol. The maximum Gasteiger partial charge on any atom is 0.341 e. The Kier molecular flexibility index (Phi) is 4.11. The molecule has 0 spiro atoms. The van der Waals surface area contributed by atoms with Gasteiger partial charge in [-0.3, -0.25) is 0 Å². The number of carbonyl (C=O) groups excluding carboxylic acids is 1. The number of rotatable bonds is 3. The Balaban J connectivity index is 2.11. The van der Waals surface area contributed by atoms with Crippen molar-refractivity contribution in [2.24, 2.45) is 0 Å². The molecular weight excluding hydrogens is 290 g/mol. The SMILES string of the molecule is Nc1cc(F)c(C(=O)OCc2ccc(F)c(F)c2)cc1F. The standard InChI is InChI=1S/C14H9F4NO2/c15-9-2-1-7(3-11(9)17)6-21-14(20)8-4-12(18)13(19)5-10(8)16/h1-5H,6,19H2. The van der Waals surface area contributed by atoms with Crippen molar-refractivity contribution in [3.63, 3.8) is 0 Å². The summed E-state index contributed by atoms with van der Waals surface area (Å²) in [5, 5.41) is 0. The van der Waals surface area contributed by atoms with Gasteiger partial charge in [-0.25, -0.2) is 22.4 Å². The van der Waals surface area contributed by atoms with E-state index in [4.69, 9.17) is 10.5 Å². The molecule has 0 saturated carbocycles. The fourth-order valence-electron chi connectivity index (χ4n) is 1.57. The van der Waals surface area contributed by atoms with Crippen molar-refractivity contribution >= 4 is 11.7 Å². The Bertz CT molecular complexity index is 704. The zero-order valence-corrected chi connectivity index (χ0v) is 10.5. The molecule has 110 valence electrons. The third-order valence-electron chi connectivity index (χ3n) is 2.66. The first-order valence-corrected chi connectivity index (χ1v) is 5.74. The van der Waals surface area contributed by atoms with E-state index in [1.54, 1.807) is 0 Å². The van der Waals surface area contributed by atoms with Crippen LogP contribution in [0.2, 0.25) is 0 Å². The normalized spacial score (nSPS) is 10.5. The van der Waals surface area contributed by atoms with Crippen LogP contribution in [0.25, 0.3) is 0 Å². The van der Waals surface area contributed by atoms with Gasteiger partial charge in [-0.15, -0.1) is 0 Å². The van der Waals surface area contributed by atoms with E-state index in [-0.39, 0.29) is 5.56 Å². The molecule has 0 unspecified atom stereocenters. The van der Waals surface area contributed by atoms with Gasteiger partial charge in [0.25, 0.3) is 0 Å². The molecule has 0 aliphatic rings. The summed E-state index contributed by atoms with van der Waals surface area (Å²) in [7, 11) is 0. The van der Waals surface area contributed by atoms with Gasteiger partial charge in [-0.1, -0.05) is 6.07 Å². The molecule has 0 heterocycles. The van der Waals surface area contributed by atoms with E-state index in [2.05, 4.69) is 0 Å². The molecule has 2 aromatic carbocycles. The van der Waals surface area contributed by atoms with E-state index in [0.29, 0.717) is 12.1 Å². The van der Waals surface area contributed by atoms with E-state index < -0.39 is 47.1 Å². The molecule has 7 heteroatoms. The van der Waals surface area contributed by atoms with Crippen molar-refractivity contribution in [2.75, 3.05) is 5.73 Å². The Morgan fingerprint density at radius 1 is 0.952 bits per heavy atom. The highest BCUT2D eigenvalue weighted by atomic mass is 19.2. The highest BCUT2D eigenvalue weighted by Crippen LogP contribution is 2.18. The van der Waals surface area contributed by atoms with E-state index in [1.807, 2.05) is 0 Å². The number of hydrogen-bond donors (Lipinski definition) is 1. The number of anilines is 1. The first-order chi connectivity index (χ1) is 9.88. The molecule has 0 aromatic heterocycles. The van der Waals surface area contributed by atoms with Gasteiger partial charge in [0, 0.05) is 6.07 Å². The number of nitrogens with two attached hydrogens (primary N) is 1. The second-order valence-corrected chi connectivity index (χ2v) is 4.18. The maximum atomic E-state index is 13.5. The van der Waals surface area contributed by atoms with Crippen molar-refractivity contribution in [1.29, 1.82) is 0 Å². The van der Waals surface area contributed by atoms with E-state index in [1.165, 1.54) is 6.07 Å². The van der Waals surface area contributed by atoms with Gasteiger partial charge in [0.05, 0.1) is 11.3 Å². The van der Waals surface area contributed by atoms with Gasteiger partial charge < -0.3 is 10.5 Å². The maximum absolute atomic E-state index is 13.5. The topological polar surface area (TPSA) is 52.3 Å². The lowest BCUT2D eigenvalue weighted by molar-refractivity contribution is 0.0466. The molecule has 0 saturated heterocycles. The number of esters is 1. The average molecular weight is 299 g/mol. The quantitative estimate of drug-likeness (QED) is 0.538. The molecule has 2 N–H and O–H groups in total. The third kappa shape index (κ3) is 3.31. The van der Waals surface area contributed by atoms with Crippen LogP contribution in [0.1, 0.15) is 15.9 Å². The van der Waals surface area contributed by atoms with Crippen molar-refractivity contribution in [2.45, 2.75) is 6.61 Å². The Labute approximate surface area is 116 Å². The van der Waals surface area contributed by atoms with Crippen LogP contribution < -0.4 is 5.73 Å². The predicted molar refractivity (Wildman–Crippen MR) is 66.2 cm³/mol. The fraction of sp³-hybridized carbons (Fsp3) is 0.0714. The van der Waals surface area contributed by atoms with Crippen LogP contribution in [-0.2, 0) is 11.3 Å². The van der Waals surface area contributed by atoms with Gasteiger partial charge in [0.2, 0.25) is 0 Å². The second-order valence-electron chi connectivity index (χ2n) is 4.18. The van der Waals surface area contributed by atoms with Crippen molar-refractivity contribution in [1.82, 2.24) is 0 Å². The minimum atomic E-state index is -1.14. The first kappa shape index (κ1) is 14.8. The highest BCUT2D eigenvalue weighted by molar-refractivity contribution is 5.90. The van der Waals surface area contributed by atoms with Crippen LogP contribution in [0, 0.1) is 23.3 Å². The smallest absolute Gasteiger partial charge is 0.341 e. The summed E-state index contributed by atoms with van der Waals surface area (Å²) in [6.07, 6.45) is 0. The number of carbonyl (C=O) groups is 1. The minimum Gasteiger partial charge on any atom is -0.457 e. The molecule has 2 rings (SSSR count). The molecule has 3 nitrogen and oxygen atoms in total. The summed E-state index contributed by atoms with van der Waals surface area (Å²) >= 11 is 0. The van der Waals surface area contributed by atoms with Crippen LogP contribution in [0.15, 0.2) is 30.3 Å². The lowest BCUT2D eigenvalue weighted by Crippen LogP contribution is -2.09. The first-order valence-electron chi connectivity index (χ1n) is 5.74. The van der Waals surface area contributed by atoms with Crippen LogP contribution in [0.4, 0.5) is 23.2 Å². The molecule has 0 radical (unpaired) electrons. The van der Waals surface area contributed by atoms with E-state index in [0.717, 1.165) is 12.1 Å². The molecule has 0 bridgehead atoms. The van der Waals surface area contributed by atoms with Gasteiger partial charge >= 0.3 is 5.97 Å². The molecule has 0 fully saturated rings. The molecule has 0 aliphatic carbocycles. The van der Waals surface area contributed by atoms with Crippen molar-refractivity contribution in [3.05, 3.63) is 64.7 Å². The lowest BCUT2D eigenvalue weighted by Gasteiger charge is -2.07. The van der Waals surface area contributed by atoms with Gasteiger partial charge in [0.15, 0.2) is 11.6 Å². The summed E-state index contributed by atoms with van der Waals surface area (Å²) in [4.78, 5) is 11.6. The lowest BCUT2D eigenvalue weighted by atomic mass is 10.2. The van der Waals surface area contributed by atoms with Crippen LogP contribution >= 0.6 is 0 Å². The van der Waals surface area contributed by atoms with Gasteiger partial charge in [-0.05, 0) is 23.8 Å². The summed E-state index contributed by atoms with van der Waals surface area (Å²) in [6.45, 7) is -0.415. The summed E-state index contributed by atoms with van der Waals surface area (Å²) in [5.41, 5.74) is 4.23. The molecule has 0 amide bonds. The summed E-state index contributed by atoms with van der Waals surface area (Å²) < 4.78 is 57.0. The number of nitrogen functional groups attached to an aromatic ring is 1. The van der Waals surface area contributed by atoms with Crippen molar-refractivity contribution in [3.8, 4) is 0 Å². The zero-order chi connectivity index (χ0) is 15.6. The minimum absolute atomic E-state index is 0.165. The second kappa shape index (κ2) is 5.82. The molecule has 21 heavy (non-hydrogen) atoms. The summed E-state index contributed by atoms with van der Waals surface area (Å²) in [5.74, 6) is -5.29. The Morgan fingerprint density at radius 3 is 2.33 bits per heavy atom. The molecular formula is C14H9F4NO2. The number of hydrogen-bond acceptors (Lipinski definition) is 3. The fourth-order valence-corrected chi connectivity index (χ4v) is 1.57. The van der Waals surface area contributed by atoms with Gasteiger partial charge in [-0.2, -0.15) is 0 Å². The Morgan fingerprint density at radius 2 is 1.67 bits per heavy atom. The van der Waals surface area contributed by atoms with E-state index >= 15 is 0 Å². The average Bonchev–Trinajstić information content (AvgIpc) is 2.44. The number of ether oxygens (including phenoxy) is 1. The van der Waals surface area contributed by atoms with Gasteiger partial charge in [0.1, 0.15) is 18.2 Å². The van der Waals surface area contributed by atoms with E-state index in [9.17, 15) is 22.4 Å². The van der Waals surface area contributed by atoms with Crippen LogP contribution in [0.3, 0.4) is 0 Å². The Hall–Kier alpha value is -2.57. The van der Waals surface area contributed by atoms with Crippen LogP contribution in [0.5, 0.6) is 0 Å². The zero-order valence-electron chi connectivity index (χ0n) is 10.5. The van der Waals surface area contributed by atoms with Crippen molar-refractivity contribution < 1.29 is 27.1 Å². The molecule has 0 atom stereocenters. The number of halogens is 4. The molecule has 0 aliphatic heterocycles. The molecule has 2 aromatic rings. The third-order valence-corrected chi connectivity index (χ3v) is 2.66.